The second kappa shape index (κ2) is 5.31. The Hall–Kier alpha value is -0.370. The Morgan fingerprint density at radius 2 is 1.74 bits per heavy atom. The van der Waals surface area contributed by atoms with Gasteiger partial charge >= 0.3 is 0 Å². The SMILES string of the molecule is C[C@H](O)[C@H]1CC[C@H]2[C@@H]3CC[C@@H]4CC(=O)CC[C@]4(C)[C@H]3CC[C@]12C. The van der Waals surface area contributed by atoms with Gasteiger partial charge in [-0.05, 0) is 92.3 Å². The Kier molecular flexibility index (Phi) is 3.72. The Morgan fingerprint density at radius 1 is 1.00 bits per heavy atom. The molecule has 0 aromatic carbocycles. The van der Waals surface area contributed by atoms with Crippen molar-refractivity contribution in [3.63, 3.8) is 0 Å². The molecule has 0 heterocycles. The van der Waals surface area contributed by atoms with Gasteiger partial charge in [-0.25, -0.2) is 0 Å². The summed E-state index contributed by atoms with van der Waals surface area (Å²) in [5.74, 6) is 4.18. The van der Waals surface area contributed by atoms with Crippen molar-refractivity contribution in [2.75, 3.05) is 0 Å². The van der Waals surface area contributed by atoms with Crippen LogP contribution in [0.3, 0.4) is 0 Å². The zero-order valence-corrected chi connectivity index (χ0v) is 15.2. The summed E-state index contributed by atoms with van der Waals surface area (Å²) in [7, 11) is 0. The van der Waals surface area contributed by atoms with E-state index in [-0.39, 0.29) is 6.10 Å². The summed E-state index contributed by atoms with van der Waals surface area (Å²) in [5, 5.41) is 10.3. The summed E-state index contributed by atoms with van der Waals surface area (Å²) < 4.78 is 0. The normalized spacial score (nSPS) is 54.1. The predicted octanol–water partition coefficient (Wildman–Crippen LogP) is 4.60. The van der Waals surface area contributed by atoms with Gasteiger partial charge in [0.05, 0.1) is 6.10 Å². The number of fused-ring (bicyclic) bond motifs is 5. The molecule has 0 radical (unpaired) electrons. The van der Waals surface area contributed by atoms with Crippen molar-refractivity contribution >= 4 is 5.78 Å². The highest BCUT2D eigenvalue weighted by molar-refractivity contribution is 5.79. The van der Waals surface area contributed by atoms with E-state index in [9.17, 15) is 9.90 Å². The summed E-state index contributed by atoms with van der Waals surface area (Å²) in [6, 6.07) is 0. The first-order chi connectivity index (χ1) is 10.9. The van der Waals surface area contributed by atoms with Crippen molar-refractivity contribution in [3.8, 4) is 0 Å². The zero-order chi connectivity index (χ0) is 16.4. The predicted molar refractivity (Wildman–Crippen MR) is 91.9 cm³/mol. The van der Waals surface area contributed by atoms with Gasteiger partial charge in [-0.1, -0.05) is 13.8 Å². The van der Waals surface area contributed by atoms with Gasteiger partial charge in [-0.3, -0.25) is 4.79 Å². The molecule has 130 valence electrons. The molecule has 8 atom stereocenters. The van der Waals surface area contributed by atoms with E-state index in [1.807, 2.05) is 6.92 Å². The van der Waals surface area contributed by atoms with Gasteiger partial charge in [-0.2, -0.15) is 0 Å². The van der Waals surface area contributed by atoms with Gasteiger partial charge in [0, 0.05) is 12.8 Å². The van der Waals surface area contributed by atoms with Crippen LogP contribution in [-0.2, 0) is 4.79 Å². The first-order valence-electron chi connectivity index (χ1n) is 10.1. The van der Waals surface area contributed by atoms with E-state index in [2.05, 4.69) is 13.8 Å². The highest BCUT2D eigenvalue weighted by Gasteiger charge is 2.60. The van der Waals surface area contributed by atoms with Crippen molar-refractivity contribution in [2.45, 2.75) is 84.7 Å². The number of carbonyl (C=O) groups excluding carboxylic acids is 1. The molecule has 0 aromatic rings. The zero-order valence-electron chi connectivity index (χ0n) is 15.2. The average Bonchev–Trinajstić information content (AvgIpc) is 2.85. The molecule has 0 saturated heterocycles. The van der Waals surface area contributed by atoms with Crippen molar-refractivity contribution < 1.29 is 9.90 Å². The quantitative estimate of drug-likeness (QED) is 0.767. The van der Waals surface area contributed by atoms with Crippen LogP contribution in [-0.4, -0.2) is 17.0 Å². The minimum absolute atomic E-state index is 0.152. The molecule has 4 fully saturated rings. The number of hydrogen-bond donors (Lipinski definition) is 1. The fraction of sp³-hybridized carbons (Fsp3) is 0.952. The number of ketones is 1. The van der Waals surface area contributed by atoms with E-state index < -0.39 is 0 Å². The van der Waals surface area contributed by atoms with E-state index in [1.54, 1.807) is 0 Å². The van der Waals surface area contributed by atoms with Crippen LogP contribution in [0.1, 0.15) is 78.6 Å². The summed E-state index contributed by atoms with van der Waals surface area (Å²) in [4.78, 5) is 11.9. The van der Waals surface area contributed by atoms with Crippen molar-refractivity contribution in [1.29, 1.82) is 0 Å². The van der Waals surface area contributed by atoms with E-state index >= 15 is 0 Å². The number of Topliss-reactive ketones (excluding diaryl/α,β-unsaturated/α-hetero) is 1. The van der Waals surface area contributed by atoms with Crippen LogP contribution in [0.5, 0.6) is 0 Å². The minimum atomic E-state index is -0.152. The fourth-order valence-corrected chi connectivity index (χ4v) is 7.88. The number of rotatable bonds is 1. The maximum Gasteiger partial charge on any atom is 0.133 e. The highest BCUT2D eigenvalue weighted by Crippen LogP contribution is 2.67. The van der Waals surface area contributed by atoms with E-state index in [0.717, 1.165) is 37.0 Å². The minimum Gasteiger partial charge on any atom is -0.393 e. The molecule has 0 spiro atoms. The molecule has 1 N–H and O–H groups in total. The maximum atomic E-state index is 11.9. The van der Waals surface area contributed by atoms with Crippen LogP contribution in [0.25, 0.3) is 0 Å². The molecule has 0 amide bonds. The first kappa shape index (κ1) is 16.1. The Balaban J connectivity index is 1.61. The number of carbonyl (C=O) groups is 1. The standard InChI is InChI=1S/C21H34O2/c1-13(22)17-6-7-18-16-5-4-14-12-15(23)8-10-20(14,2)19(16)9-11-21(17,18)3/h13-14,16-19,22H,4-12H2,1-3H3/t13-,14+,16-,17+,18-,19-,20-,21+/m0/s1. The Morgan fingerprint density at radius 3 is 2.48 bits per heavy atom. The van der Waals surface area contributed by atoms with Gasteiger partial charge in [0.25, 0.3) is 0 Å². The van der Waals surface area contributed by atoms with Crippen LogP contribution in [0, 0.1) is 40.4 Å². The summed E-state index contributed by atoms with van der Waals surface area (Å²) in [5.41, 5.74) is 0.782. The molecule has 4 saturated carbocycles. The van der Waals surface area contributed by atoms with Crippen LogP contribution >= 0.6 is 0 Å². The monoisotopic (exact) mass is 318 g/mol. The summed E-state index contributed by atoms with van der Waals surface area (Å²) in [6.45, 7) is 7.01. The van der Waals surface area contributed by atoms with Crippen LogP contribution in [0.4, 0.5) is 0 Å². The van der Waals surface area contributed by atoms with Gasteiger partial charge in [0.2, 0.25) is 0 Å². The molecule has 4 rings (SSSR count). The van der Waals surface area contributed by atoms with Crippen molar-refractivity contribution in [2.24, 2.45) is 40.4 Å². The smallest absolute Gasteiger partial charge is 0.133 e. The van der Waals surface area contributed by atoms with Gasteiger partial charge in [0.1, 0.15) is 5.78 Å². The molecule has 23 heavy (non-hydrogen) atoms. The van der Waals surface area contributed by atoms with Gasteiger partial charge < -0.3 is 5.11 Å². The van der Waals surface area contributed by atoms with Crippen molar-refractivity contribution in [1.82, 2.24) is 0 Å². The molecule has 0 aromatic heterocycles. The lowest BCUT2D eigenvalue weighted by Gasteiger charge is -2.60. The molecule has 2 heteroatoms. The topological polar surface area (TPSA) is 37.3 Å². The molecule has 0 unspecified atom stereocenters. The number of aliphatic hydroxyl groups excluding tert-OH is 1. The summed E-state index contributed by atoms with van der Waals surface area (Å²) >= 11 is 0. The van der Waals surface area contributed by atoms with Gasteiger partial charge in [0.15, 0.2) is 0 Å². The van der Waals surface area contributed by atoms with Crippen LogP contribution in [0.15, 0.2) is 0 Å². The van der Waals surface area contributed by atoms with Crippen molar-refractivity contribution in [3.05, 3.63) is 0 Å². The lowest BCUT2D eigenvalue weighted by atomic mass is 9.44. The van der Waals surface area contributed by atoms with E-state index in [1.165, 1.54) is 38.5 Å². The third-order valence-corrected chi connectivity index (χ3v) is 9.14. The Bertz CT molecular complexity index is 498. The average molecular weight is 319 g/mol. The third kappa shape index (κ3) is 2.19. The van der Waals surface area contributed by atoms with Crippen LogP contribution < -0.4 is 0 Å². The highest BCUT2D eigenvalue weighted by atomic mass is 16.3. The molecular formula is C21H34O2. The van der Waals surface area contributed by atoms with E-state index in [0.29, 0.717) is 28.4 Å². The lowest BCUT2D eigenvalue weighted by Crippen LogP contribution is -2.54. The largest absolute Gasteiger partial charge is 0.393 e. The molecular weight excluding hydrogens is 284 g/mol. The van der Waals surface area contributed by atoms with Gasteiger partial charge in [-0.15, -0.1) is 0 Å². The lowest BCUT2D eigenvalue weighted by molar-refractivity contribution is -0.141. The number of hydrogen-bond acceptors (Lipinski definition) is 2. The second-order valence-corrected chi connectivity index (χ2v) is 9.87. The Labute approximate surface area is 141 Å². The summed E-state index contributed by atoms with van der Waals surface area (Å²) in [6.07, 6.45) is 10.5. The first-order valence-corrected chi connectivity index (χ1v) is 10.1. The molecule has 4 aliphatic rings. The fourth-order valence-electron chi connectivity index (χ4n) is 7.88. The molecule has 4 aliphatic carbocycles. The number of aliphatic hydroxyl groups is 1. The second-order valence-electron chi connectivity index (χ2n) is 9.87. The molecule has 0 bridgehead atoms. The van der Waals surface area contributed by atoms with E-state index in [4.69, 9.17) is 0 Å². The van der Waals surface area contributed by atoms with Crippen LogP contribution in [0.2, 0.25) is 0 Å². The molecule has 0 aliphatic heterocycles. The molecule has 2 nitrogen and oxygen atoms in total. The maximum absolute atomic E-state index is 11.9. The third-order valence-electron chi connectivity index (χ3n) is 9.14.